The molecule has 0 spiro atoms. The molecule has 3 rings (SSSR count). The summed E-state index contributed by atoms with van der Waals surface area (Å²) >= 11 is 5.97. The summed E-state index contributed by atoms with van der Waals surface area (Å²) in [4.78, 5) is 7.08. The first-order valence-corrected chi connectivity index (χ1v) is 9.24. The lowest BCUT2D eigenvalue weighted by Gasteiger charge is -2.32. The van der Waals surface area contributed by atoms with Crippen molar-refractivity contribution in [2.75, 3.05) is 13.1 Å². The van der Waals surface area contributed by atoms with Crippen molar-refractivity contribution >= 4 is 17.4 Å². The third-order valence-corrected chi connectivity index (χ3v) is 4.92. The van der Waals surface area contributed by atoms with Crippen molar-refractivity contribution in [2.24, 2.45) is 22.5 Å². The van der Waals surface area contributed by atoms with Gasteiger partial charge < -0.3 is 31.8 Å². The van der Waals surface area contributed by atoms with Gasteiger partial charge in [-0.05, 0) is 18.2 Å². The smallest absolute Gasteiger partial charge is 0.201 e. The molecule has 1 atom stereocenters. The van der Waals surface area contributed by atoms with Gasteiger partial charge in [-0.15, -0.1) is 0 Å². The van der Waals surface area contributed by atoms with Crippen LogP contribution in [0.1, 0.15) is 19.4 Å². The molecule has 10 heteroatoms. The summed E-state index contributed by atoms with van der Waals surface area (Å²) in [6.45, 7) is 5.04. The molecule has 0 radical (unpaired) electrons. The average molecular weight is 413 g/mol. The third-order valence-electron chi connectivity index (χ3n) is 4.51. The van der Waals surface area contributed by atoms with Crippen LogP contribution in [0.5, 0.6) is 0 Å². The van der Waals surface area contributed by atoms with E-state index in [9.17, 15) is 8.78 Å². The van der Waals surface area contributed by atoms with Gasteiger partial charge in [0.05, 0.1) is 16.4 Å². The van der Waals surface area contributed by atoms with E-state index in [0.29, 0.717) is 36.1 Å². The number of rotatable bonds is 5. The fraction of sp³-hybridized carbons (Fsp3) is 0.389. The predicted molar refractivity (Wildman–Crippen MR) is 104 cm³/mol. The van der Waals surface area contributed by atoms with Crippen molar-refractivity contribution < 1.29 is 13.6 Å². The second-order valence-corrected chi connectivity index (χ2v) is 7.30. The van der Waals surface area contributed by atoms with Crippen LogP contribution in [-0.2, 0) is 11.4 Å². The lowest BCUT2D eigenvalue weighted by Crippen LogP contribution is -2.42. The first kappa shape index (κ1) is 20.1. The molecule has 2 heterocycles. The maximum atomic E-state index is 14.2. The molecular weight excluding hydrogens is 390 g/mol. The molecule has 7 nitrogen and oxygen atoms in total. The minimum Gasteiger partial charge on any atom is -0.396 e. The highest BCUT2D eigenvalue weighted by Crippen LogP contribution is 2.27. The van der Waals surface area contributed by atoms with Gasteiger partial charge in [0.2, 0.25) is 6.23 Å². The van der Waals surface area contributed by atoms with Crippen LogP contribution in [0.25, 0.3) is 0 Å². The van der Waals surface area contributed by atoms with Gasteiger partial charge in [-0.1, -0.05) is 30.6 Å². The molecule has 1 aromatic carbocycles. The fourth-order valence-corrected chi connectivity index (χ4v) is 3.10. The number of hydrogen-bond acceptors (Lipinski definition) is 7. The normalized spacial score (nSPS) is 20.1. The van der Waals surface area contributed by atoms with Crippen molar-refractivity contribution in [3.05, 3.63) is 57.6 Å². The first-order chi connectivity index (χ1) is 13.3. The van der Waals surface area contributed by atoms with Crippen LogP contribution in [0, 0.1) is 17.6 Å². The lowest BCUT2D eigenvalue weighted by atomic mass is 10.1. The van der Waals surface area contributed by atoms with Crippen LogP contribution in [0.4, 0.5) is 8.78 Å². The van der Waals surface area contributed by atoms with Gasteiger partial charge in [0.15, 0.2) is 5.84 Å². The summed E-state index contributed by atoms with van der Waals surface area (Å²) in [5.41, 5.74) is 13.1. The Morgan fingerprint density at radius 1 is 1.43 bits per heavy atom. The molecule has 0 bridgehead atoms. The van der Waals surface area contributed by atoms with Gasteiger partial charge in [-0.3, -0.25) is 0 Å². The Bertz CT molecular complexity index is 855. The van der Waals surface area contributed by atoms with Gasteiger partial charge in [-0.2, -0.15) is 0 Å². The number of oxime groups is 1. The van der Waals surface area contributed by atoms with Gasteiger partial charge >= 0.3 is 0 Å². The van der Waals surface area contributed by atoms with E-state index in [0.717, 1.165) is 12.1 Å². The third kappa shape index (κ3) is 4.09. The van der Waals surface area contributed by atoms with Crippen LogP contribution in [-0.4, -0.2) is 30.1 Å². The first-order valence-electron chi connectivity index (χ1n) is 8.86. The molecule has 28 heavy (non-hydrogen) atoms. The van der Waals surface area contributed by atoms with E-state index in [1.165, 1.54) is 0 Å². The van der Waals surface area contributed by atoms with Gasteiger partial charge in [0.25, 0.3) is 0 Å². The maximum Gasteiger partial charge on any atom is 0.201 e. The molecule has 0 fully saturated rings. The number of hydrogen-bond donors (Lipinski definition) is 4. The number of amidine groups is 1. The van der Waals surface area contributed by atoms with E-state index in [2.05, 4.69) is 15.8 Å². The molecule has 1 aromatic rings. The number of nitrogens with zero attached hydrogens (tertiary/aromatic N) is 2. The Morgan fingerprint density at radius 2 is 2.14 bits per heavy atom. The van der Waals surface area contributed by atoms with Crippen LogP contribution < -0.4 is 22.1 Å². The Balaban J connectivity index is 1.85. The SMILES string of the molecule is CC(C)C1NC(/C(N)=C/C2=C(N)NCCN2Cc2c(F)ccc(F)c2Cl)=NO1. The molecule has 2 aliphatic rings. The Kier molecular flexibility index (Phi) is 5.83. The van der Waals surface area contributed by atoms with Gasteiger partial charge in [-0.25, -0.2) is 8.78 Å². The van der Waals surface area contributed by atoms with Crippen LogP contribution in [0.15, 0.2) is 40.6 Å². The molecule has 0 aromatic heterocycles. The monoisotopic (exact) mass is 412 g/mol. The highest BCUT2D eigenvalue weighted by Gasteiger charge is 2.26. The summed E-state index contributed by atoms with van der Waals surface area (Å²) in [6, 6.07) is 2.05. The average Bonchev–Trinajstić information content (AvgIpc) is 3.15. The van der Waals surface area contributed by atoms with Crippen LogP contribution in [0.3, 0.4) is 0 Å². The summed E-state index contributed by atoms with van der Waals surface area (Å²) < 4.78 is 28.0. The van der Waals surface area contributed by atoms with Crippen molar-refractivity contribution in [1.82, 2.24) is 15.5 Å². The Labute approximate surface area is 167 Å². The van der Waals surface area contributed by atoms with E-state index in [-0.39, 0.29) is 29.3 Å². The molecule has 1 unspecified atom stereocenters. The molecule has 0 aliphatic carbocycles. The molecule has 2 aliphatic heterocycles. The lowest BCUT2D eigenvalue weighted by molar-refractivity contribution is 0.0393. The minimum atomic E-state index is -0.678. The van der Waals surface area contributed by atoms with E-state index >= 15 is 0 Å². The highest BCUT2D eigenvalue weighted by molar-refractivity contribution is 6.31. The van der Waals surface area contributed by atoms with Crippen molar-refractivity contribution in [2.45, 2.75) is 26.6 Å². The largest absolute Gasteiger partial charge is 0.396 e. The fourth-order valence-electron chi connectivity index (χ4n) is 2.88. The zero-order valence-electron chi connectivity index (χ0n) is 15.6. The second-order valence-electron chi connectivity index (χ2n) is 6.92. The van der Waals surface area contributed by atoms with Crippen LogP contribution in [0.2, 0.25) is 5.02 Å². The molecular formula is C18H23ClF2N6O. The second kappa shape index (κ2) is 8.14. The Morgan fingerprint density at radius 3 is 2.82 bits per heavy atom. The van der Waals surface area contributed by atoms with E-state index < -0.39 is 11.6 Å². The summed E-state index contributed by atoms with van der Waals surface area (Å²) in [5, 5.41) is 9.83. The van der Waals surface area contributed by atoms with Gasteiger partial charge in [0.1, 0.15) is 17.5 Å². The van der Waals surface area contributed by atoms with Crippen molar-refractivity contribution in [3.8, 4) is 0 Å². The van der Waals surface area contributed by atoms with Crippen LogP contribution >= 0.6 is 11.6 Å². The summed E-state index contributed by atoms with van der Waals surface area (Å²) in [5.74, 6) is -0.316. The predicted octanol–water partition coefficient (Wildman–Crippen LogP) is 1.91. The maximum absolute atomic E-state index is 14.2. The highest BCUT2D eigenvalue weighted by atomic mass is 35.5. The number of nitrogens with one attached hydrogen (secondary N) is 2. The number of halogens is 3. The molecule has 6 N–H and O–H groups in total. The zero-order chi connectivity index (χ0) is 20.4. The molecule has 0 amide bonds. The summed E-state index contributed by atoms with van der Waals surface area (Å²) in [7, 11) is 0. The topological polar surface area (TPSA) is 101 Å². The van der Waals surface area contributed by atoms with Gasteiger partial charge in [0, 0.05) is 31.1 Å². The minimum absolute atomic E-state index is 0.0367. The molecule has 152 valence electrons. The molecule has 0 saturated carbocycles. The zero-order valence-corrected chi connectivity index (χ0v) is 16.4. The van der Waals surface area contributed by atoms with E-state index in [1.807, 2.05) is 13.8 Å². The van der Waals surface area contributed by atoms with Crippen molar-refractivity contribution in [1.29, 1.82) is 0 Å². The van der Waals surface area contributed by atoms with E-state index in [1.54, 1.807) is 11.0 Å². The quantitative estimate of drug-likeness (QED) is 0.551. The number of allylic oxidation sites excluding steroid dienone is 1. The number of benzene rings is 1. The van der Waals surface area contributed by atoms with E-state index in [4.69, 9.17) is 27.9 Å². The van der Waals surface area contributed by atoms with Crippen molar-refractivity contribution in [3.63, 3.8) is 0 Å². The standard InChI is InChI=1S/C18H23ClF2N6O/c1-9(2)18-25-17(26-28-18)13(22)7-14-16(23)24-5-6-27(14)8-10-11(20)3-4-12(21)15(10)19/h3-4,7,9,18,24H,5-6,8,22-23H2,1-2H3,(H,25,26)/b13-7-. The number of nitrogens with two attached hydrogens (primary N) is 2. The summed E-state index contributed by atoms with van der Waals surface area (Å²) in [6.07, 6.45) is 1.35. The molecule has 0 saturated heterocycles. The Hall–Kier alpha value is -2.68.